The topological polar surface area (TPSA) is 29.5 Å². The second-order valence-electron chi connectivity index (χ2n) is 4.37. The van der Waals surface area contributed by atoms with Crippen LogP contribution in [0.1, 0.15) is 44.4 Å². The number of hydrogen-bond donors (Lipinski definition) is 1. The SMILES string of the molecule is CCc1c(OC(C)C)cc(C)c(O)c1CC. The summed E-state index contributed by atoms with van der Waals surface area (Å²) < 4.78 is 5.80. The molecule has 0 aliphatic rings. The van der Waals surface area contributed by atoms with E-state index in [-0.39, 0.29) is 6.10 Å². The molecule has 0 bridgehead atoms. The van der Waals surface area contributed by atoms with Crippen LogP contribution in [0.2, 0.25) is 0 Å². The number of hydrogen-bond acceptors (Lipinski definition) is 2. The lowest BCUT2D eigenvalue weighted by Gasteiger charge is -2.19. The van der Waals surface area contributed by atoms with Crippen LogP contribution in [0.5, 0.6) is 11.5 Å². The van der Waals surface area contributed by atoms with Crippen molar-refractivity contribution in [1.29, 1.82) is 0 Å². The van der Waals surface area contributed by atoms with Crippen LogP contribution in [0, 0.1) is 6.92 Å². The molecule has 0 unspecified atom stereocenters. The van der Waals surface area contributed by atoms with Crippen LogP contribution in [0.15, 0.2) is 6.07 Å². The van der Waals surface area contributed by atoms with E-state index in [1.54, 1.807) is 0 Å². The van der Waals surface area contributed by atoms with Gasteiger partial charge in [-0.05, 0) is 45.2 Å². The van der Waals surface area contributed by atoms with E-state index in [0.29, 0.717) is 5.75 Å². The molecule has 0 atom stereocenters. The minimum absolute atomic E-state index is 0.166. The van der Waals surface area contributed by atoms with E-state index in [1.807, 2.05) is 26.8 Å². The molecule has 0 aromatic heterocycles. The highest BCUT2D eigenvalue weighted by atomic mass is 16.5. The summed E-state index contributed by atoms with van der Waals surface area (Å²) >= 11 is 0. The first-order chi connectivity index (χ1) is 7.51. The van der Waals surface area contributed by atoms with Crippen molar-refractivity contribution in [2.75, 3.05) is 0 Å². The molecule has 1 aromatic carbocycles. The van der Waals surface area contributed by atoms with E-state index in [9.17, 15) is 5.11 Å². The maximum absolute atomic E-state index is 10.0. The molecular weight excluding hydrogens is 200 g/mol. The van der Waals surface area contributed by atoms with Gasteiger partial charge in [-0.3, -0.25) is 0 Å². The number of phenols is 1. The summed E-state index contributed by atoms with van der Waals surface area (Å²) in [7, 11) is 0. The zero-order valence-corrected chi connectivity index (χ0v) is 10.9. The fraction of sp³-hybridized carbons (Fsp3) is 0.571. The minimum Gasteiger partial charge on any atom is -0.507 e. The number of aromatic hydroxyl groups is 1. The standard InChI is InChI=1S/C14H22O2/c1-6-11-12(7-2)14(15)10(5)8-13(11)16-9(3)4/h8-9,15H,6-7H2,1-5H3. The van der Waals surface area contributed by atoms with Gasteiger partial charge >= 0.3 is 0 Å². The largest absolute Gasteiger partial charge is 0.507 e. The summed E-state index contributed by atoms with van der Waals surface area (Å²) in [6, 6.07) is 1.94. The number of aryl methyl sites for hydroxylation is 1. The summed E-state index contributed by atoms with van der Waals surface area (Å²) in [6.07, 6.45) is 1.89. The van der Waals surface area contributed by atoms with Crippen LogP contribution in [0.4, 0.5) is 0 Å². The lowest BCUT2D eigenvalue weighted by Crippen LogP contribution is -2.09. The average molecular weight is 222 g/mol. The molecule has 1 N–H and O–H groups in total. The fourth-order valence-corrected chi connectivity index (χ4v) is 2.01. The Balaban J connectivity index is 3.31. The second kappa shape index (κ2) is 5.24. The number of rotatable bonds is 4. The third-order valence-electron chi connectivity index (χ3n) is 2.74. The summed E-state index contributed by atoms with van der Waals surface area (Å²) in [4.78, 5) is 0. The van der Waals surface area contributed by atoms with Gasteiger partial charge in [0.15, 0.2) is 0 Å². The van der Waals surface area contributed by atoms with Crippen molar-refractivity contribution in [2.24, 2.45) is 0 Å². The first-order valence-electron chi connectivity index (χ1n) is 6.02. The van der Waals surface area contributed by atoms with Crippen LogP contribution < -0.4 is 4.74 Å². The second-order valence-corrected chi connectivity index (χ2v) is 4.37. The highest BCUT2D eigenvalue weighted by molar-refractivity contribution is 5.52. The maximum atomic E-state index is 10.0. The van der Waals surface area contributed by atoms with E-state index >= 15 is 0 Å². The van der Waals surface area contributed by atoms with Crippen molar-refractivity contribution in [2.45, 2.75) is 53.6 Å². The molecule has 0 aliphatic carbocycles. The zero-order valence-electron chi connectivity index (χ0n) is 10.9. The Hall–Kier alpha value is -1.18. The lowest BCUT2D eigenvalue weighted by molar-refractivity contribution is 0.239. The van der Waals surface area contributed by atoms with Crippen LogP contribution in [0.25, 0.3) is 0 Å². The van der Waals surface area contributed by atoms with Gasteiger partial charge < -0.3 is 9.84 Å². The molecule has 2 nitrogen and oxygen atoms in total. The van der Waals surface area contributed by atoms with Crippen molar-refractivity contribution in [3.8, 4) is 11.5 Å². The lowest BCUT2D eigenvalue weighted by atomic mass is 9.97. The van der Waals surface area contributed by atoms with Gasteiger partial charge in [0.2, 0.25) is 0 Å². The van der Waals surface area contributed by atoms with Gasteiger partial charge in [-0.2, -0.15) is 0 Å². The molecule has 1 rings (SSSR count). The van der Waals surface area contributed by atoms with Crippen molar-refractivity contribution in [1.82, 2.24) is 0 Å². The number of benzene rings is 1. The van der Waals surface area contributed by atoms with Gasteiger partial charge in [-0.1, -0.05) is 13.8 Å². The molecular formula is C14H22O2. The smallest absolute Gasteiger partial charge is 0.123 e. The van der Waals surface area contributed by atoms with Crippen molar-refractivity contribution >= 4 is 0 Å². The molecule has 0 fully saturated rings. The highest BCUT2D eigenvalue weighted by Gasteiger charge is 2.14. The van der Waals surface area contributed by atoms with Gasteiger partial charge in [0.1, 0.15) is 11.5 Å². The Kier molecular flexibility index (Phi) is 4.22. The summed E-state index contributed by atoms with van der Waals surface area (Å²) in [5, 5.41) is 10.0. The fourth-order valence-electron chi connectivity index (χ4n) is 2.01. The maximum Gasteiger partial charge on any atom is 0.123 e. The predicted molar refractivity (Wildman–Crippen MR) is 67.4 cm³/mol. The molecule has 90 valence electrons. The molecule has 16 heavy (non-hydrogen) atoms. The minimum atomic E-state index is 0.166. The number of ether oxygens (including phenoxy) is 1. The van der Waals surface area contributed by atoms with Gasteiger partial charge in [0, 0.05) is 11.1 Å². The quantitative estimate of drug-likeness (QED) is 0.843. The summed E-state index contributed by atoms with van der Waals surface area (Å²) in [5.74, 6) is 1.35. The van der Waals surface area contributed by atoms with Crippen LogP contribution in [-0.4, -0.2) is 11.2 Å². The predicted octanol–water partition coefficient (Wildman–Crippen LogP) is 3.61. The van der Waals surface area contributed by atoms with Gasteiger partial charge in [0.05, 0.1) is 6.10 Å². The van der Waals surface area contributed by atoms with Crippen LogP contribution in [-0.2, 0) is 12.8 Å². The summed E-state index contributed by atoms with van der Waals surface area (Å²) in [5.41, 5.74) is 3.06. The Morgan fingerprint density at radius 2 is 1.75 bits per heavy atom. The van der Waals surface area contributed by atoms with E-state index in [4.69, 9.17) is 4.74 Å². The van der Waals surface area contributed by atoms with E-state index in [1.165, 1.54) is 0 Å². The van der Waals surface area contributed by atoms with Gasteiger partial charge in [-0.15, -0.1) is 0 Å². The summed E-state index contributed by atoms with van der Waals surface area (Å²) in [6.45, 7) is 10.1. The average Bonchev–Trinajstić information content (AvgIpc) is 2.21. The zero-order chi connectivity index (χ0) is 12.3. The highest BCUT2D eigenvalue weighted by Crippen LogP contribution is 2.34. The molecule has 0 saturated carbocycles. The Labute approximate surface area is 98.3 Å². The van der Waals surface area contributed by atoms with E-state index in [2.05, 4.69) is 13.8 Å². The van der Waals surface area contributed by atoms with Crippen LogP contribution in [0.3, 0.4) is 0 Å². The molecule has 0 amide bonds. The Morgan fingerprint density at radius 1 is 1.19 bits per heavy atom. The third kappa shape index (κ3) is 2.49. The van der Waals surface area contributed by atoms with Crippen LogP contribution >= 0.6 is 0 Å². The Bertz CT molecular complexity index is 367. The molecule has 0 saturated heterocycles. The van der Waals surface area contributed by atoms with Gasteiger partial charge in [0.25, 0.3) is 0 Å². The number of phenolic OH excluding ortho intramolecular Hbond substituents is 1. The molecule has 1 aromatic rings. The van der Waals surface area contributed by atoms with E-state index in [0.717, 1.165) is 35.3 Å². The molecule has 0 aliphatic heterocycles. The molecule has 2 heteroatoms. The van der Waals surface area contributed by atoms with E-state index < -0.39 is 0 Å². The van der Waals surface area contributed by atoms with Crippen molar-refractivity contribution in [3.63, 3.8) is 0 Å². The monoisotopic (exact) mass is 222 g/mol. The van der Waals surface area contributed by atoms with Crippen molar-refractivity contribution in [3.05, 3.63) is 22.8 Å². The first-order valence-corrected chi connectivity index (χ1v) is 6.02. The molecule has 0 heterocycles. The van der Waals surface area contributed by atoms with Crippen molar-refractivity contribution < 1.29 is 9.84 Å². The first kappa shape index (κ1) is 12.9. The Morgan fingerprint density at radius 3 is 2.19 bits per heavy atom. The molecule has 0 radical (unpaired) electrons. The van der Waals surface area contributed by atoms with Gasteiger partial charge in [-0.25, -0.2) is 0 Å². The molecule has 0 spiro atoms. The third-order valence-corrected chi connectivity index (χ3v) is 2.74. The normalized spacial score (nSPS) is 10.9.